The van der Waals surface area contributed by atoms with Gasteiger partial charge in [-0.05, 0) is 35.9 Å². The van der Waals surface area contributed by atoms with E-state index in [4.69, 9.17) is 4.74 Å². The minimum atomic E-state index is -0.440. The molecule has 0 aromatic heterocycles. The maximum absolute atomic E-state index is 12.8. The van der Waals surface area contributed by atoms with E-state index in [1.165, 1.54) is 23.8 Å². The van der Waals surface area contributed by atoms with Gasteiger partial charge in [-0.25, -0.2) is 9.69 Å². The molecule has 1 atom stereocenters. The van der Waals surface area contributed by atoms with Crippen LogP contribution in [0.5, 0.6) is 0 Å². The molecule has 6 heteroatoms. The molecular weight excluding hydrogens is 350 g/mol. The van der Waals surface area contributed by atoms with E-state index in [2.05, 4.69) is 6.58 Å². The van der Waals surface area contributed by atoms with Gasteiger partial charge in [-0.1, -0.05) is 30.8 Å². The summed E-state index contributed by atoms with van der Waals surface area (Å²) in [5, 5.41) is -0.169. The molecular formula is C20H17NO4S. The van der Waals surface area contributed by atoms with E-state index in [1.54, 1.807) is 24.3 Å². The second kappa shape index (κ2) is 7.58. The highest BCUT2D eigenvalue weighted by Gasteiger charge is 2.31. The lowest BCUT2D eigenvalue weighted by molar-refractivity contribution is -0.124. The Morgan fingerprint density at radius 2 is 1.88 bits per heavy atom. The summed E-state index contributed by atoms with van der Waals surface area (Å²) in [5.41, 5.74) is 1.92. The second-order valence-electron chi connectivity index (χ2n) is 5.66. The number of rotatable bonds is 3. The lowest BCUT2D eigenvalue weighted by atomic mass is 10.1. The Balaban J connectivity index is 1.97. The van der Waals surface area contributed by atoms with Crippen LogP contribution >= 0.6 is 11.8 Å². The van der Waals surface area contributed by atoms with Gasteiger partial charge in [-0.3, -0.25) is 9.59 Å². The number of fused-ring (bicyclic) bond motifs is 1. The third-order valence-corrected chi connectivity index (χ3v) is 5.41. The molecule has 0 fully saturated rings. The number of carbonyl (C=O) groups excluding carboxylic acids is 3. The van der Waals surface area contributed by atoms with E-state index in [-0.39, 0.29) is 17.6 Å². The summed E-state index contributed by atoms with van der Waals surface area (Å²) in [6.07, 6.45) is 1.31. The molecule has 2 aromatic rings. The van der Waals surface area contributed by atoms with Crippen molar-refractivity contribution in [3.63, 3.8) is 0 Å². The van der Waals surface area contributed by atoms with Crippen LogP contribution in [0, 0.1) is 0 Å². The van der Waals surface area contributed by atoms with Crippen LogP contribution in [0.4, 0.5) is 5.69 Å². The molecule has 0 spiro atoms. The van der Waals surface area contributed by atoms with Crippen molar-refractivity contribution in [3.8, 4) is 0 Å². The highest BCUT2D eigenvalue weighted by atomic mass is 32.2. The molecule has 0 radical (unpaired) electrons. The molecule has 132 valence electrons. The summed E-state index contributed by atoms with van der Waals surface area (Å²) < 4.78 is 4.71. The maximum Gasteiger partial charge on any atom is 0.337 e. The molecule has 1 aliphatic heterocycles. The Bertz CT molecular complexity index is 876. The molecule has 0 N–H and O–H groups in total. The fourth-order valence-corrected chi connectivity index (χ4v) is 4.05. The first-order valence-corrected chi connectivity index (χ1v) is 8.86. The zero-order chi connectivity index (χ0) is 18.7. The van der Waals surface area contributed by atoms with Crippen LogP contribution in [0.15, 0.2) is 66.1 Å². The van der Waals surface area contributed by atoms with Gasteiger partial charge in [0.15, 0.2) is 0 Å². The first kappa shape index (κ1) is 17.9. The number of benzene rings is 2. The number of ether oxygens (including phenoxy) is 1. The van der Waals surface area contributed by atoms with E-state index < -0.39 is 11.9 Å². The summed E-state index contributed by atoms with van der Waals surface area (Å²) in [6, 6.07) is 14.3. The van der Waals surface area contributed by atoms with Crippen LogP contribution in [0.1, 0.15) is 27.6 Å². The number of methoxy groups -OCH3 is 1. The number of hydrogen-bond donors (Lipinski definition) is 0. The van der Waals surface area contributed by atoms with Crippen molar-refractivity contribution < 1.29 is 19.1 Å². The predicted octanol–water partition coefficient (Wildman–Crippen LogP) is 3.76. The number of carbonyl (C=O) groups is 3. The Morgan fingerprint density at radius 1 is 1.19 bits per heavy atom. The highest BCUT2D eigenvalue weighted by Crippen LogP contribution is 2.45. The first-order chi connectivity index (χ1) is 12.5. The summed E-state index contributed by atoms with van der Waals surface area (Å²) in [7, 11) is 1.33. The van der Waals surface area contributed by atoms with Gasteiger partial charge in [0.2, 0.25) is 5.91 Å². The molecule has 1 heterocycles. The van der Waals surface area contributed by atoms with Crippen LogP contribution in [0.3, 0.4) is 0 Å². The molecule has 2 aromatic carbocycles. The minimum Gasteiger partial charge on any atom is -0.465 e. The van der Waals surface area contributed by atoms with Gasteiger partial charge in [-0.2, -0.15) is 0 Å². The smallest absolute Gasteiger partial charge is 0.337 e. The number of hydrogen-bond acceptors (Lipinski definition) is 5. The highest BCUT2D eigenvalue weighted by molar-refractivity contribution is 7.99. The largest absolute Gasteiger partial charge is 0.465 e. The Morgan fingerprint density at radius 3 is 2.54 bits per heavy atom. The zero-order valence-electron chi connectivity index (χ0n) is 14.2. The Hall–Kier alpha value is -2.86. The third kappa shape index (κ3) is 3.41. The minimum absolute atomic E-state index is 0.163. The van der Waals surface area contributed by atoms with Crippen molar-refractivity contribution in [2.75, 3.05) is 12.0 Å². The molecule has 0 bridgehead atoms. The number of anilines is 1. The number of nitrogens with zero attached hydrogens (tertiary/aromatic N) is 1. The summed E-state index contributed by atoms with van der Waals surface area (Å²) >= 11 is 1.52. The number of imide groups is 1. The van der Waals surface area contributed by atoms with E-state index in [0.717, 1.165) is 16.5 Å². The van der Waals surface area contributed by atoms with Crippen LogP contribution < -0.4 is 4.90 Å². The second-order valence-corrected chi connectivity index (χ2v) is 6.91. The number of thioether (sulfide) groups is 1. The van der Waals surface area contributed by atoms with Crippen molar-refractivity contribution in [2.45, 2.75) is 16.6 Å². The van der Waals surface area contributed by atoms with Gasteiger partial charge in [0.1, 0.15) is 0 Å². The lowest BCUT2D eigenvalue weighted by Crippen LogP contribution is -2.35. The van der Waals surface area contributed by atoms with E-state index in [9.17, 15) is 14.4 Å². The fraction of sp³-hybridized carbons (Fsp3) is 0.150. The van der Waals surface area contributed by atoms with Gasteiger partial charge >= 0.3 is 5.97 Å². The van der Waals surface area contributed by atoms with E-state index in [1.807, 2.05) is 24.3 Å². The van der Waals surface area contributed by atoms with Gasteiger partial charge < -0.3 is 4.74 Å². The van der Waals surface area contributed by atoms with Crippen molar-refractivity contribution >= 4 is 35.2 Å². The van der Waals surface area contributed by atoms with Crippen molar-refractivity contribution in [2.24, 2.45) is 0 Å². The van der Waals surface area contributed by atoms with Crippen LogP contribution in [-0.4, -0.2) is 24.9 Å². The molecule has 0 saturated heterocycles. The van der Waals surface area contributed by atoms with Gasteiger partial charge in [-0.15, -0.1) is 11.8 Å². The van der Waals surface area contributed by atoms with Crippen LogP contribution in [0.25, 0.3) is 0 Å². The fourth-order valence-electron chi connectivity index (χ4n) is 2.79. The predicted molar refractivity (Wildman–Crippen MR) is 100 cm³/mol. The van der Waals surface area contributed by atoms with Crippen molar-refractivity contribution in [1.82, 2.24) is 0 Å². The lowest BCUT2D eigenvalue weighted by Gasteiger charge is -2.18. The topological polar surface area (TPSA) is 63.7 Å². The summed E-state index contributed by atoms with van der Waals surface area (Å²) in [4.78, 5) is 38.6. The summed E-state index contributed by atoms with van der Waals surface area (Å²) in [6.45, 7) is 3.49. The first-order valence-electron chi connectivity index (χ1n) is 7.98. The van der Waals surface area contributed by atoms with E-state index >= 15 is 0 Å². The molecule has 1 unspecified atom stereocenters. The average molecular weight is 367 g/mol. The maximum atomic E-state index is 12.8. The SMILES string of the molecule is C=CC(=O)N1C(=O)CC(c2ccc(C(=O)OC)cc2)Sc2ccccc21. The van der Waals surface area contributed by atoms with Gasteiger partial charge in [0.25, 0.3) is 5.91 Å². The normalized spacial score (nSPS) is 16.4. The van der Waals surface area contributed by atoms with Gasteiger partial charge in [0.05, 0.1) is 18.4 Å². The van der Waals surface area contributed by atoms with Gasteiger partial charge in [0, 0.05) is 16.6 Å². The van der Waals surface area contributed by atoms with Crippen molar-refractivity contribution in [3.05, 3.63) is 72.3 Å². The van der Waals surface area contributed by atoms with Crippen molar-refractivity contribution in [1.29, 1.82) is 0 Å². The molecule has 1 aliphatic rings. The Kier molecular flexibility index (Phi) is 5.23. The molecule has 5 nitrogen and oxygen atoms in total. The summed E-state index contributed by atoms with van der Waals surface area (Å²) in [5.74, 6) is -1.13. The van der Waals surface area contributed by atoms with Crippen LogP contribution in [0.2, 0.25) is 0 Å². The standard InChI is InChI=1S/C20H17NO4S/c1-3-18(22)21-15-6-4-5-7-16(15)26-17(12-19(21)23)13-8-10-14(11-9-13)20(24)25-2/h3-11,17H,1,12H2,2H3. The zero-order valence-corrected chi connectivity index (χ0v) is 15.0. The monoisotopic (exact) mass is 367 g/mol. The number of esters is 1. The third-order valence-electron chi connectivity index (χ3n) is 4.08. The Labute approximate surface area is 155 Å². The van der Waals surface area contributed by atoms with E-state index in [0.29, 0.717) is 11.3 Å². The average Bonchev–Trinajstić information content (AvgIpc) is 2.82. The molecule has 3 rings (SSSR count). The number of para-hydroxylation sites is 1. The van der Waals surface area contributed by atoms with Crippen LogP contribution in [-0.2, 0) is 14.3 Å². The quantitative estimate of drug-likeness (QED) is 0.611. The molecule has 0 aliphatic carbocycles. The molecule has 0 saturated carbocycles. The number of amides is 2. The molecule has 26 heavy (non-hydrogen) atoms. The molecule has 2 amide bonds.